The Morgan fingerprint density at radius 1 is 1.39 bits per heavy atom. The average molecular weight is 345 g/mol. The van der Waals surface area contributed by atoms with Crippen LogP contribution in [-0.2, 0) is 4.74 Å². The van der Waals surface area contributed by atoms with E-state index in [1.807, 2.05) is 25.1 Å². The summed E-state index contributed by atoms with van der Waals surface area (Å²) >= 11 is 2.95. The number of hydrogen-bond donors (Lipinski definition) is 1. The maximum Gasteiger partial charge on any atom is 0.276 e. The van der Waals surface area contributed by atoms with E-state index in [1.165, 1.54) is 22.7 Å². The number of rotatable bonds is 3. The number of carbonyl (C=O) groups is 1. The lowest BCUT2D eigenvalue weighted by Gasteiger charge is -2.03. The van der Waals surface area contributed by atoms with Crippen molar-refractivity contribution in [3.63, 3.8) is 0 Å². The molecule has 1 amide bonds. The van der Waals surface area contributed by atoms with E-state index in [2.05, 4.69) is 15.3 Å². The van der Waals surface area contributed by atoms with Gasteiger partial charge < -0.3 is 4.74 Å². The number of aromatic nitrogens is 2. The molecule has 0 aliphatic carbocycles. The van der Waals surface area contributed by atoms with E-state index in [0.29, 0.717) is 10.8 Å². The fraction of sp³-hybridized carbons (Fsp3) is 0.312. The molecule has 1 saturated heterocycles. The molecule has 23 heavy (non-hydrogen) atoms. The van der Waals surface area contributed by atoms with Crippen LogP contribution in [0.25, 0.3) is 10.2 Å². The van der Waals surface area contributed by atoms with Gasteiger partial charge in [-0.15, -0.1) is 11.3 Å². The van der Waals surface area contributed by atoms with Gasteiger partial charge in [-0.3, -0.25) is 10.1 Å². The first-order chi connectivity index (χ1) is 11.2. The summed E-state index contributed by atoms with van der Waals surface area (Å²) in [5.41, 5.74) is 2.47. The molecule has 3 heterocycles. The highest BCUT2D eigenvalue weighted by Crippen LogP contribution is 2.31. The number of anilines is 1. The van der Waals surface area contributed by atoms with E-state index < -0.39 is 0 Å². The third-order valence-electron chi connectivity index (χ3n) is 3.80. The highest BCUT2D eigenvalue weighted by atomic mass is 32.1. The number of para-hydroxylation sites is 1. The Labute approximate surface area is 141 Å². The SMILES string of the molecule is Cc1cccc2sc(NC(=O)c3csc([C@@H]4CCCO4)n3)nc12. The van der Waals surface area contributed by atoms with Crippen LogP contribution in [-0.4, -0.2) is 22.5 Å². The zero-order valence-corrected chi connectivity index (χ0v) is 14.2. The summed E-state index contributed by atoms with van der Waals surface area (Å²) in [4.78, 5) is 21.3. The minimum atomic E-state index is -0.220. The molecule has 0 saturated carbocycles. The van der Waals surface area contributed by atoms with Gasteiger partial charge in [0.25, 0.3) is 5.91 Å². The summed E-state index contributed by atoms with van der Waals surface area (Å²) in [6.45, 7) is 2.79. The second kappa shape index (κ2) is 5.99. The predicted octanol–water partition coefficient (Wildman–Crippen LogP) is 4.17. The van der Waals surface area contributed by atoms with Crippen LogP contribution in [0.5, 0.6) is 0 Å². The number of hydrogen-bond acceptors (Lipinski definition) is 6. The van der Waals surface area contributed by atoms with Gasteiger partial charge in [0.15, 0.2) is 5.13 Å². The van der Waals surface area contributed by atoms with Crippen LogP contribution in [0.3, 0.4) is 0 Å². The lowest BCUT2D eigenvalue weighted by molar-refractivity contribution is 0.101. The third kappa shape index (κ3) is 2.87. The van der Waals surface area contributed by atoms with Crippen molar-refractivity contribution in [3.8, 4) is 0 Å². The fourth-order valence-corrected chi connectivity index (χ4v) is 4.43. The van der Waals surface area contributed by atoms with Crippen LogP contribution >= 0.6 is 22.7 Å². The number of nitrogens with zero attached hydrogens (tertiary/aromatic N) is 2. The molecular weight excluding hydrogens is 330 g/mol. The van der Waals surface area contributed by atoms with Crippen LogP contribution in [0, 0.1) is 6.92 Å². The van der Waals surface area contributed by atoms with Crippen molar-refractivity contribution in [1.82, 2.24) is 9.97 Å². The summed E-state index contributed by atoms with van der Waals surface area (Å²) in [5, 5.41) is 6.12. The van der Waals surface area contributed by atoms with Gasteiger partial charge in [0.1, 0.15) is 16.8 Å². The van der Waals surface area contributed by atoms with Crippen molar-refractivity contribution in [2.45, 2.75) is 25.9 Å². The number of nitrogens with one attached hydrogen (secondary N) is 1. The molecule has 0 bridgehead atoms. The number of ether oxygens (including phenoxy) is 1. The van der Waals surface area contributed by atoms with Crippen molar-refractivity contribution in [1.29, 1.82) is 0 Å². The van der Waals surface area contributed by atoms with E-state index in [4.69, 9.17) is 4.74 Å². The molecular formula is C16H15N3O2S2. The van der Waals surface area contributed by atoms with Gasteiger partial charge in [0.2, 0.25) is 0 Å². The quantitative estimate of drug-likeness (QED) is 0.774. The van der Waals surface area contributed by atoms with Gasteiger partial charge in [-0.1, -0.05) is 23.5 Å². The standard InChI is InChI=1S/C16H15N3O2S2/c1-9-4-2-6-12-13(9)18-16(23-12)19-14(20)10-8-22-15(17-10)11-5-3-7-21-11/h2,4,6,8,11H,3,5,7H2,1H3,(H,18,19,20)/t11-/m0/s1. The van der Waals surface area contributed by atoms with Crippen molar-refractivity contribution in [3.05, 3.63) is 39.8 Å². The number of benzene rings is 1. The maximum absolute atomic E-state index is 12.4. The van der Waals surface area contributed by atoms with Gasteiger partial charge in [0.05, 0.1) is 10.2 Å². The Bertz CT molecular complexity index is 865. The Kier molecular flexibility index (Phi) is 3.84. The third-order valence-corrected chi connectivity index (χ3v) is 5.67. The molecule has 118 valence electrons. The highest BCUT2D eigenvalue weighted by molar-refractivity contribution is 7.22. The molecule has 0 unspecified atom stereocenters. The summed E-state index contributed by atoms with van der Waals surface area (Å²) in [6, 6.07) is 6.02. The van der Waals surface area contributed by atoms with Crippen molar-refractivity contribution in [2.24, 2.45) is 0 Å². The number of aryl methyl sites for hydroxylation is 1. The van der Waals surface area contributed by atoms with Gasteiger partial charge in [-0.05, 0) is 31.4 Å². The van der Waals surface area contributed by atoms with Gasteiger partial charge >= 0.3 is 0 Å². The van der Waals surface area contributed by atoms with Crippen molar-refractivity contribution >= 4 is 43.9 Å². The van der Waals surface area contributed by atoms with Gasteiger partial charge in [-0.25, -0.2) is 9.97 Å². The summed E-state index contributed by atoms with van der Waals surface area (Å²) in [5.74, 6) is -0.220. The molecule has 1 aliphatic rings. The monoisotopic (exact) mass is 345 g/mol. The van der Waals surface area contributed by atoms with Crippen LogP contribution in [0.4, 0.5) is 5.13 Å². The molecule has 4 rings (SSSR count). The summed E-state index contributed by atoms with van der Waals surface area (Å²) < 4.78 is 6.68. The van der Waals surface area contributed by atoms with Gasteiger partial charge in [-0.2, -0.15) is 0 Å². The second-order valence-electron chi connectivity index (χ2n) is 5.47. The fourth-order valence-electron chi connectivity index (χ4n) is 2.61. The molecule has 3 aromatic rings. The molecule has 1 aliphatic heterocycles. The lowest BCUT2D eigenvalue weighted by Crippen LogP contribution is -2.12. The number of thiazole rings is 2. The first-order valence-corrected chi connectivity index (χ1v) is 9.15. The Morgan fingerprint density at radius 3 is 3.09 bits per heavy atom. The summed E-state index contributed by atoms with van der Waals surface area (Å²) in [6.07, 6.45) is 2.08. The Morgan fingerprint density at radius 2 is 2.30 bits per heavy atom. The maximum atomic E-state index is 12.4. The van der Waals surface area contributed by atoms with E-state index in [1.54, 1.807) is 5.38 Å². The van der Waals surface area contributed by atoms with E-state index >= 15 is 0 Å². The largest absolute Gasteiger partial charge is 0.371 e. The first-order valence-electron chi connectivity index (χ1n) is 7.45. The molecule has 1 fully saturated rings. The van der Waals surface area contributed by atoms with Crippen LogP contribution in [0.2, 0.25) is 0 Å². The molecule has 7 heteroatoms. The van der Waals surface area contributed by atoms with E-state index in [0.717, 1.165) is 40.2 Å². The zero-order valence-electron chi connectivity index (χ0n) is 12.5. The van der Waals surface area contributed by atoms with Crippen LogP contribution in [0.15, 0.2) is 23.6 Å². The van der Waals surface area contributed by atoms with Crippen molar-refractivity contribution < 1.29 is 9.53 Å². The highest BCUT2D eigenvalue weighted by Gasteiger charge is 2.22. The zero-order chi connectivity index (χ0) is 15.8. The van der Waals surface area contributed by atoms with Crippen molar-refractivity contribution in [2.75, 3.05) is 11.9 Å². The molecule has 1 aromatic carbocycles. The molecule has 2 aromatic heterocycles. The lowest BCUT2D eigenvalue weighted by atomic mass is 10.2. The minimum absolute atomic E-state index is 0.0478. The predicted molar refractivity (Wildman–Crippen MR) is 92.4 cm³/mol. The molecule has 0 spiro atoms. The molecule has 0 radical (unpaired) electrons. The molecule has 1 atom stereocenters. The van der Waals surface area contributed by atoms with E-state index in [-0.39, 0.29) is 12.0 Å². The average Bonchev–Trinajstić information content (AvgIpc) is 3.27. The molecule has 5 nitrogen and oxygen atoms in total. The van der Waals surface area contributed by atoms with Crippen LogP contribution < -0.4 is 5.32 Å². The minimum Gasteiger partial charge on any atom is -0.371 e. The van der Waals surface area contributed by atoms with E-state index in [9.17, 15) is 4.79 Å². The number of carbonyl (C=O) groups excluding carboxylic acids is 1. The topological polar surface area (TPSA) is 64.1 Å². The Balaban J connectivity index is 1.53. The Hall–Kier alpha value is -1.83. The van der Waals surface area contributed by atoms with Gasteiger partial charge in [0, 0.05) is 12.0 Å². The molecule has 1 N–H and O–H groups in total. The smallest absolute Gasteiger partial charge is 0.276 e. The number of amides is 1. The number of fused-ring (bicyclic) bond motifs is 1. The van der Waals surface area contributed by atoms with Crippen LogP contribution in [0.1, 0.15) is 40.0 Å². The normalized spacial score (nSPS) is 17.7. The second-order valence-corrected chi connectivity index (χ2v) is 7.39. The summed E-state index contributed by atoms with van der Waals surface area (Å²) in [7, 11) is 0. The first kappa shape index (κ1) is 14.7.